The number of phenols is 2. The molecule has 16 nitrogen and oxygen atoms in total. The van der Waals surface area contributed by atoms with Crippen molar-refractivity contribution in [3.05, 3.63) is 63.7 Å². The second-order valence-corrected chi connectivity index (χ2v) is 12.7. The van der Waals surface area contributed by atoms with E-state index in [-0.39, 0.29) is 54.3 Å². The lowest BCUT2D eigenvalue weighted by molar-refractivity contribution is -0.208. The van der Waals surface area contributed by atoms with Gasteiger partial charge in [-0.2, -0.15) is 0 Å². The van der Waals surface area contributed by atoms with E-state index in [2.05, 4.69) is 5.32 Å². The van der Waals surface area contributed by atoms with Crippen LogP contribution >= 0.6 is 0 Å². The first-order valence-corrected chi connectivity index (χ1v) is 16.3. The Labute approximate surface area is 290 Å². The van der Waals surface area contributed by atoms with Crippen LogP contribution in [0.25, 0.3) is 0 Å². The molecule has 4 aliphatic rings. The summed E-state index contributed by atoms with van der Waals surface area (Å²) in [7, 11) is 1.31. The molecular weight excluding hydrogens is 672 g/mol. The zero-order chi connectivity index (χ0) is 36.6. The average Bonchev–Trinajstić information content (AvgIpc) is 3.43. The van der Waals surface area contributed by atoms with Crippen LogP contribution in [0.4, 0.5) is 0 Å². The molecule has 0 saturated carbocycles. The number of aliphatic hydroxyl groups excluding tert-OH is 1. The standard InChI is InChI=1S/C35H36N2O14/c1-48-21-6-3-5-18-28(21)34(46)30-29(31(18)43)32(44)19-12-35(47,13-20(38)27(19)33(30)45)22(39)15-50-26-7-2-4-17(51-26)14-49-16-23(40)36-10-11-37-24(41)8-9-25(37)42/h3,5-6,8-9,17,20,26,38,44-45,47H,2,4,7,10-16H2,1H3,(H,36,40)/t17?,20-,26?,35-/m0/s1. The van der Waals surface area contributed by atoms with Gasteiger partial charge in [-0.05, 0) is 25.3 Å². The molecule has 0 radical (unpaired) electrons. The fraction of sp³-hybridized carbons (Fsp3) is 0.429. The first kappa shape index (κ1) is 35.8. The first-order chi connectivity index (χ1) is 24.3. The van der Waals surface area contributed by atoms with Crippen molar-refractivity contribution in [1.82, 2.24) is 10.2 Å². The predicted octanol–water partition coefficient (Wildman–Crippen LogP) is 0.131. The van der Waals surface area contributed by atoms with Gasteiger partial charge in [-0.3, -0.25) is 33.7 Å². The van der Waals surface area contributed by atoms with Crippen LogP contribution < -0.4 is 10.1 Å². The van der Waals surface area contributed by atoms with E-state index in [1.54, 1.807) is 0 Å². The predicted molar refractivity (Wildman–Crippen MR) is 171 cm³/mol. The van der Waals surface area contributed by atoms with E-state index < -0.39 is 101 Å². The highest BCUT2D eigenvalue weighted by Gasteiger charge is 2.48. The van der Waals surface area contributed by atoms with E-state index in [1.807, 2.05) is 0 Å². The smallest absolute Gasteiger partial charge is 0.253 e. The number of ether oxygens (including phenoxy) is 4. The molecule has 1 saturated heterocycles. The van der Waals surface area contributed by atoms with Crippen LogP contribution in [0.15, 0.2) is 30.4 Å². The normalized spacial score (nSPS) is 23.9. The number of aliphatic hydroxyl groups is 2. The number of nitrogens with one attached hydrogen (secondary N) is 1. The topological polar surface area (TPSA) is 236 Å². The molecule has 0 aromatic heterocycles. The molecular formula is C35H36N2O14. The van der Waals surface area contributed by atoms with Crippen molar-refractivity contribution < 1.29 is 68.1 Å². The second kappa shape index (κ2) is 14.3. The van der Waals surface area contributed by atoms with Gasteiger partial charge in [-0.15, -0.1) is 0 Å². The van der Waals surface area contributed by atoms with E-state index in [4.69, 9.17) is 18.9 Å². The van der Waals surface area contributed by atoms with Crippen LogP contribution in [-0.4, -0.2) is 118 Å². The minimum Gasteiger partial charge on any atom is -0.507 e. The molecule has 51 heavy (non-hydrogen) atoms. The zero-order valence-electron chi connectivity index (χ0n) is 27.5. The van der Waals surface area contributed by atoms with Gasteiger partial charge in [0.15, 0.2) is 17.9 Å². The van der Waals surface area contributed by atoms with E-state index >= 15 is 0 Å². The number of methoxy groups -OCH3 is 1. The number of hydrogen-bond acceptors (Lipinski definition) is 14. The number of carbonyl (C=O) groups is 6. The number of aromatic hydroxyl groups is 2. The van der Waals surface area contributed by atoms with Crippen LogP contribution in [0.1, 0.15) is 74.8 Å². The van der Waals surface area contributed by atoms with Crippen LogP contribution in [0.3, 0.4) is 0 Å². The molecule has 2 aromatic rings. The zero-order valence-corrected chi connectivity index (χ0v) is 27.5. The lowest BCUT2D eigenvalue weighted by Crippen LogP contribution is -2.48. The summed E-state index contributed by atoms with van der Waals surface area (Å²) in [6, 6.07) is 4.33. The van der Waals surface area contributed by atoms with Crippen LogP contribution in [-0.2, 0) is 39.8 Å². The Kier molecular flexibility index (Phi) is 10.1. The van der Waals surface area contributed by atoms with Crippen LogP contribution in [0, 0.1) is 0 Å². The van der Waals surface area contributed by atoms with Gasteiger partial charge in [0, 0.05) is 54.8 Å². The van der Waals surface area contributed by atoms with Crippen molar-refractivity contribution in [2.24, 2.45) is 0 Å². The van der Waals surface area contributed by atoms with E-state index in [0.717, 1.165) is 17.1 Å². The van der Waals surface area contributed by atoms with Crippen molar-refractivity contribution in [3.63, 3.8) is 0 Å². The Balaban J connectivity index is 1.04. The fourth-order valence-electron chi connectivity index (χ4n) is 6.86. The SMILES string of the molecule is COc1cccc2c1C(=O)c1c(O)c3c(c(O)c1C2=O)C[C@@](O)(C(=O)COC1CCCC(COCC(=O)NCCN2C(=O)C=CC2=O)O1)C[C@@H]3O. The summed E-state index contributed by atoms with van der Waals surface area (Å²) in [6.07, 6.45) is -0.267. The fourth-order valence-corrected chi connectivity index (χ4v) is 6.86. The maximum atomic E-state index is 13.5. The quantitative estimate of drug-likeness (QED) is 0.124. The molecule has 2 aliphatic carbocycles. The summed E-state index contributed by atoms with van der Waals surface area (Å²) in [6.45, 7) is -0.818. The maximum Gasteiger partial charge on any atom is 0.253 e. The minimum atomic E-state index is -2.27. The van der Waals surface area contributed by atoms with Gasteiger partial charge in [0.1, 0.15) is 36.1 Å². The van der Waals surface area contributed by atoms with E-state index in [9.17, 15) is 49.2 Å². The Morgan fingerprint density at radius 1 is 1.00 bits per heavy atom. The molecule has 2 unspecified atom stereocenters. The van der Waals surface area contributed by atoms with E-state index in [1.165, 1.54) is 25.3 Å². The number of amides is 3. The van der Waals surface area contributed by atoms with Gasteiger partial charge in [-0.1, -0.05) is 12.1 Å². The Bertz CT molecular complexity index is 1840. The second-order valence-electron chi connectivity index (χ2n) is 12.7. The van der Waals surface area contributed by atoms with Gasteiger partial charge in [0.25, 0.3) is 11.8 Å². The Morgan fingerprint density at radius 2 is 1.73 bits per heavy atom. The molecule has 0 spiro atoms. The first-order valence-electron chi connectivity index (χ1n) is 16.3. The molecule has 5 N–H and O–H groups in total. The van der Waals surface area contributed by atoms with Crippen molar-refractivity contribution in [3.8, 4) is 17.2 Å². The van der Waals surface area contributed by atoms with Crippen LogP contribution in [0.5, 0.6) is 17.2 Å². The lowest BCUT2D eigenvalue weighted by Gasteiger charge is -2.37. The number of nitrogens with zero attached hydrogens (tertiary/aromatic N) is 1. The summed E-state index contributed by atoms with van der Waals surface area (Å²) >= 11 is 0. The molecule has 270 valence electrons. The molecule has 2 aliphatic heterocycles. The monoisotopic (exact) mass is 708 g/mol. The molecule has 6 rings (SSSR count). The highest BCUT2D eigenvalue weighted by atomic mass is 16.7. The number of imide groups is 1. The third kappa shape index (κ3) is 6.75. The maximum absolute atomic E-state index is 13.5. The average molecular weight is 709 g/mol. The molecule has 16 heteroatoms. The summed E-state index contributed by atoms with van der Waals surface area (Å²) in [5.74, 6) is -5.18. The number of rotatable bonds is 12. The van der Waals surface area contributed by atoms with Gasteiger partial charge in [0.2, 0.25) is 11.7 Å². The highest BCUT2D eigenvalue weighted by Crippen LogP contribution is 2.51. The summed E-state index contributed by atoms with van der Waals surface area (Å²) in [5, 5.41) is 47.5. The van der Waals surface area contributed by atoms with Crippen molar-refractivity contribution >= 4 is 35.1 Å². The number of phenolic OH excluding ortho intramolecular Hbond substituents is 2. The molecule has 4 atom stereocenters. The number of benzene rings is 2. The largest absolute Gasteiger partial charge is 0.507 e. The van der Waals surface area contributed by atoms with Gasteiger partial charge in [-0.25, -0.2) is 0 Å². The Morgan fingerprint density at radius 3 is 2.45 bits per heavy atom. The number of carbonyl (C=O) groups excluding carboxylic acids is 6. The minimum absolute atomic E-state index is 0.0256. The third-order valence-electron chi connectivity index (χ3n) is 9.42. The van der Waals surface area contributed by atoms with Crippen molar-refractivity contribution in [2.75, 3.05) is 40.0 Å². The van der Waals surface area contributed by atoms with Gasteiger partial charge >= 0.3 is 0 Å². The summed E-state index contributed by atoms with van der Waals surface area (Å²) in [5.41, 5.74) is -3.99. The van der Waals surface area contributed by atoms with Crippen LogP contribution in [0.2, 0.25) is 0 Å². The van der Waals surface area contributed by atoms with Gasteiger partial charge in [0.05, 0.1) is 42.6 Å². The summed E-state index contributed by atoms with van der Waals surface area (Å²) in [4.78, 5) is 76.6. The number of Topliss-reactive ketones (excluding diaryl/α,β-unsaturated/α-hetero) is 1. The molecule has 3 amide bonds. The Hall–Kier alpha value is -5.00. The molecule has 2 heterocycles. The highest BCUT2D eigenvalue weighted by molar-refractivity contribution is 6.31. The lowest BCUT2D eigenvalue weighted by atomic mass is 9.72. The van der Waals surface area contributed by atoms with Gasteiger partial charge < -0.3 is 44.7 Å². The molecule has 0 bridgehead atoms. The molecule has 1 fully saturated rings. The van der Waals surface area contributed by atoms with Crippen molar-refractivity contribution in [1.29, 1.82) is 0 Å². The van der Waals surface area contributed by atoms with E-state index in [0.29, 0.717) is 19.3 Å². The number of fused-ring (bicyclic) bond motifs is 3. The third-order valence-corrected chi connectivity index (χ3v) is 9.42. The number of ketones is 3. The summed E-state index contributed by atoms with van der Waals surface area (Å²) < 4.78 is 22.2. The molecule has 2 aromatic carbocycles. The number of hydrogen-bond donors (Lipinski definition) is 5. The van der Waals surface area contributed by atoms with Crippen molar-refractivity contribution in [2.45, 2.75) is 56.2 Å².